The summed E-state index contributed by atoms with van der Waals surface area (Å²) >= 11 is 3.49. The first-order valence-corrected chi connectivity index (χ1v) is 7.21. The molecule has 1 aromatic heterocycles. The molecule has 106 valence electrons. The topological polar surface area (TPSA) is 59.8 Å². The van der Waals surface area contributed by atoms with Gasteiger partial charge in [0.2, 0.25) is 5.91 Å². The highest BCUT2D eigenvalue weighted by Crippen LogP contribution is 2.19. The third-order valence-corrected chi connectivity index (χ3v) is 3.97. The molecule has 20 heavy (non-hydrogen) atoms. The molecule has 1 amide bonds. The number of aryl methyl sites for hydroxylation is 2. The van der Waals surface area contributed by atoms with Crippen molar-refractivity contribution in [1.29, 1.82) is 0 Å². The van der Waals surface area contributed by atoms with Crippen molar-refractivity contribution in [3.05, 3.63) is 45.7 Å². The first-order valence-electron chi connectivity index (χ1n) is 6.42. The van der Waals surface area contributed by atoms with Crippen molar-refractivity contribution in [2.24, 2.45) is 7.05 Å². The van der Waals surface area contributed by atoms with Gasteiger partial charge in [0.05, 0.1) is 11.9 Å². The van der Waals surface area contributed by atoms with Crippen molar-refractivity contribution < 1.29 is 4.79 Å². The Balaban J connectivity index is 1.82. The Hall–Kier alpha value is -1.69. The molecule has 0 saturated carbocycles. The van der Waals surface area contributed by atoms with Crippen molar-refractivity contribution in [2.45, 2.75) is 26.3 Å². The van der Waals surface area contributed by atoms with Gasteiger partial charge in [0, 0.05) is 30.9 Å². The molecule has 0 atom stereocenters. The van der Waals surface area contributed by atoms with Gasteiger partial charge in [0.15, 0.2) is 0 Å². The minimum atomic E-state index is 0.0232. The number of benzene rings is 1. The van der Waals surface area contributed by atoms with Gasteiger partial charge in [-0.3, -0.25) is 4.79 Å². The van der Waals surface area contributed by atoms with Crippen LogP contribution >= 0.6 is 15.9 Å². The average molecular weight is 337 g/mol. The van der Waals surface area contributed by atoms with Crippen LogP contribution in [0.3, 0.4) is 0 Å². The van der Waals surface area contributed by atoms with Gasteiger partial charge < -0.3 is 5.32 Å². The monoisotopic (exact) mass is 336 g/mol. The van der Waals surface area contributed by atoms with Crippen LogP contribution < -0.4 is 5.32 Å². The Labute approximate surface area is 126 Å². The van der Waals surface area contributed by atoms with E-state index < -0.39 is 0 Å². The summed E-state index contributed by atoms with van der Waals surface area (Å²) in [7, 11) is 1.76. The molecule has 0 bridgehead atoms. The number of rotatable bonds is 5. The molecular formula is C14H17BrN4O. The Morgan fingerprint density at radius 3 is 2.95 bits per heavy atom. The Bertz CT molecular complexity index is 609. The molecule has 6 heteroatoms. The normalized spacial score (nSPS) is 10.6. The molecule has 2 aromatic rings. The fourth-order valence-electron chi connectivity index (χ4n) is 1.87. The molecule has 1 N–H and O–H groups in total. The minimum absolute atomic E-state index is 0.0232. The highest BCUT2D eigenvalue weighted by atomic mass is 79.9. The summed E-state index contributed by atoms with van der Waals surface area (Å²) in [6, 6.07) is 5.98. The van der Waals surface area contributed by atoms with Crippen molar-refractivity contribution in [3.8, 4) is 0 Å². The summed E-state index contributed by atoms with van der Waals surface area (Å²) in [5, 5.41) is 11.1. The summed E-state index contributed by atoms with van der Waals surface area (Å²) in [6.07, 6.45) is 2.72. The van der Waals surface area contributed by atoms with Gasteiger partial charge in [-0.1, -0.05) is 28.1 Å². The summed E-state index contributed by atoms with van der Waals surface area (Å²) in [5.74, 6) is 0.0232. The van der Waals surface area contributed by atoms with E-state index in [0.717, 1.165) is 21.3 Å². The predicted octanol–water partition coefficient (Wildman–Crippen LogP) is 2.14. The zero-order valence-electron chi connectivity index (χ0n) is 11.6. The summed E-state index contributed by atoms with van der Waals surface area (Å²) in [5.41, 5.74) is 3.11. The van der Waals surface area contributed by atoms with E-state index in [1.807, 2.05) is 25.1 Å². The number of nitrogens with zero attached hydrogens (tertiary/aromatic N) is 3. The maximum atomic E-state index is 11.8. The van der Waals surface area contributed by atoms with E-state index in [1.54, 1.807) is 13.2 Å². The number of hydrogen-bond acceptors (Lipinski definition) is 3. The van der Waals surface area contributed by atoms with Crippen LogP contribution in [0.5, 0.6) is 0 Å². The number of carbonyl (C=O) groups is 1. The van der Waals surface area contributed by atoms with E-state index in [-0.39, 0.29) is 5.91 Å². The molecule has 5 nitrogen and oxygen atoms in total. The lowest BCUT2D eigenvalue weighted by Crippen LogP contribution is -2.23. The molecule has 0 saturated heterocycles. The standard InChI is InChI=1S/C14H17BrN4O/c1-10-11(4-3-5-13(10)15)8-16-14(20)7-6-12-9-17-19(2)18-12/h3-5,9H,6-8H2,1-2H3,(H,16,20). The lowest BCUT2D eigenvalue weighted by molar-refractivity contribution is -0.121. The second kappa shape index (κ2) is 6.65. The van der Waals surface area contributed by atoms with Crippen LogP contribution in [0.2, 0.25) is 0 Å². The van der Waals surface area contributed by atoms with Crippen LogP contribution in [0.15, 0.2) is 28.9 Å². The van der Waals surface area contributed by atoms with Crippen LogP contribution in [-0.2, 0) is 24.8 Å². The Morgan fingerprint density at radius 1 is 1.45 bits per heavy atom. The molecule has 0 spiro atoms. The third kappa shape index (κ3) is 3.90. The lowest BCUT2D eigenvalue weighted by atomic mass is 10.1. The molecule has 0 aliphatic heterocycles. The summed E-state index contributed by atoms with van der Waals surface area (Å²) in [4.78, 5) is 13.3. The van der Waals surface area contributed by atoms with Crippen molar-refractivity contribution in [2.75, 3.05) is 0 Å². The van der Waals surface area contributed by atoms with Crippen molar-refractivity contribution in [3.63, 3.8) is 0 Å². The van der Waals surface area contributed by atoms with Crippen LogP contribution in [0.4, 0.5) is 0 Å². The van der Waals surface area contributed by atoms with Gasteiger partial charge >= 0.3 is 0 Å². The number of hydrogen-bond donors (Lipinski definition) is 1. The predicted molar refractivity (Wildman–Crippen MR) is 80.0 cm³/mol. The number of aromatic nitrogens is 3. The van der Waals surface area contributed by atoms with Gasteiger partial charge in [0.1, 0.15) is 0 Å². The highest BCUT2D eigenvalue weighted by molar-refractivity contribution is 9.10. The SMILES string of the molecule is Cc1c(Br)cccc1CNC(=O)CCc1cnn(C)n1. The maximum absolute atomic E-state index is 11.8. The van der Waals surface area contributed by atoms with Gasteiger partial charge in [-0.25, -0.2) is 0 Å². The molecule has 2 rings (SSSR count). The number of amides is 1. The van der Waals surface area contributed by atoms with E-state index >= 15 is 0 Å². The first-order chi connectivity index (χ1) is 9.56. The minimum Gasteiger partial charge on any atom is -0.352 e. The van der Waals surface area contributed by atoms with Gasteiger partial charge in [0.25, 0.3) is 0 Å². The Morgan fingerprint density at radius 2 is 2.25 bits per heavy atom. The van der Waals surface area contributed by atoms with E-state index in [1.165, 1.54) is 4.80 Å². The quantitative estimate of drug-likeness (QED) is 0.909. The number of nitrogens with one attached hydrogen (secondary N) is 1. The Kier molecular flexibility index (Phi) is 4.89. The summed E-state index contributed by atoms with van der Waals surface area (Å²) in [6.45, 7) is 2.58. The fraction of sp³-hybridized carbons (Fsp3) is 0.357. The fourth-order valence-corrected chi connectivity index (χ4v) is 2.28. The van der Waals surface area contributed by atoms with Crippen LogP contribution in [-0.4, -0.2) is 20.9 Å². The third-order valence-electron chi connectivity index (χ3n) is 3.11. The molecule has 0 aliphatic rings. The number of carbonyl (C=O) groups excluding carboxylic acids is 1. The van der Waals surface area contributed by atoms with E-state index in [0.29, 0.717) is 19.4 Å². The molecular weight excluding hydrogens is 320 g/mol. The first kappa shape index (κ1) is 14.7. The second-order valence-electron chi connectivity index (χ2n) is 4.63. The lowest BCUT2D eigenvalue weighted by Gasteiger charge is -2.09. The maximum Gasteiger partial charge on any atom is 0.220 e. The summed E-state index contributed by atoms with van der Waals surface area (Å²) < 4.78 is 1.06. The van der Waals surface area contributed by atoms with Crippen molar-refractivity contribution >= 4 is 21.8 Å². The van der Waals surface area contributed by atoms with Crippen molar-refractivity contribution in [1.82, 2.24) is 20.3 Å². The van der Waals surface area contributed by atoms with Crippen LogP contribution in [0, 0.1) is 6.92 Å². The van der Waals surface area contributed by atoms with Crippen LogP contribution in [0.1, 0.15) is 23.2 Å². The van der Waals surface area contributed by atoms with Gasteiger partial charge in [-0.15, -0.1) is 0 Å². The van der Waals surface area contributed by atoms with Gasteiger partial charge in [-0.05, 0) is 24.1 Å². The zero-order valence-corrected chi connectivity index (χ0v) is 13.1. The smallest absolute Gasteiger partial charge is 0.220 e. The average Bonchev–Trinajstić information content (AvgIpc) is 2.84. The molecule has 0 unspecified atom stereocenters. The van der Waals surface area contributed by atoms with E-state index in [2.05, 4.69) is 31.4 Å². The van der Waals surface area contributed by atoms with E-state index in [9.17, 15) is 4.79 Å². The number of halogens is 1. The molecule has 0 radical (unpaired) electrons. The zero-order chi connectivity index (χ0) is 14.5. The highest BCUT2D eigenvalue weighted by Gasteiger charge is 2.06. The second-order valence-corrected chi connectivity index (χ2v) is 5.48. The largest absolute Gasteiger partial charge is 0.352 e. The van der Waals surface area contributed by atoms with Gasteiger partial charge in [-0.2, -0.15) is 15.0 Å². The molecule has 1 heterocycles. The molecule has 1 aromatic carbocycles. The van der Waals surface area contributed by atoms with E-state index in [4.69, 9.17) is 0 Å². The van der Waals surface area contributed by atoms with Crippen LogP contribution in [0.25, 0.3) is 0 Å². The molecule has 0 aliphatic carbocycles. The molecule has 0 fully saturated rings.